The number of rotatable bonds is 10. The van der Waals surface area contributed by atoms with Crippen molar-refractivity contribution in [2.45, 2.75) is 52.5 Å². The molecule has 1 amide bonds. The van der Waals surface area contributed by atoms with Gasteiger partial charge in [-0.25, -0.2) is 4.79 Å². The maximum Gasteiger partial charge on any atom is 0.338 e. The molecule has 0 bridgehead atoms. The summed E-state index contributed by atoms with van der Waals surface area (Å²) in [5, 5.41) is 0.430. The fourth-order valence-corrected chi connectivity index (χ4v) is 4.93. The molecule has 0 aliphatic carbocycles. The minimum Gasteiger partial charge on any atom is -0.494 e. The Morgan fingerprint density at radius 3 is 2.42 bits per heavy atom. The number of hydrogen-bond donors (Lipinski definition) is 0. The number of hydrogen-bond acceptors (Lipinski definition) is 6. The average Bonchev–Trinajstić information content (AvgIpc) is 3.26. The number of anilines is 1. The molecule has 0 saturated heterocycles. The molecule has 1 atom stereocenters. The molecule has 1 aliphatic rings. The molecule has 4 aromatic rings. The zero-order valence-electron chi connectivity index (χ0n) is 23.1. The fourth-order valence-electron chi connectivity index (χ4n) is 4.93. The Morgan fingerprint density at radius 2 is 1.68 bits per heavy atom. The maximum atomic E-state index is 13.9. The van der Waals surface area contributed by atoms with Gasteiger partial charge in [0.2, 0.25) is 5.76 Å². The van der Waals surface area contributed by atoms with E-state index in [1.807, 2.05) is 44.2 Å². The van der Waals surface area contributed by atoms with E-state index in [1.54, 1.807) is 41.3 Å². The number of unbranched alkanes of at least 4 members (excludes halogenated alkanes) is 2. The third-order valence-electron chi connectivity index (χ3n) is 7.08. The summed E-state index contributed by atoms with van der Waals surface area (Å²) in [4.78, 5) is 41.8. The standard InChI is InChI=1S/C33H33NO6/c1-4-6-17-38-25-10-8-9-23(20-25)29-28-30(35)26-19-21(3)11-16-27(26)40-31(28)32(36)34(29)24-14-12-22(13-15-24)33(37)39-18-7-5-2/h8-16,19-20,29H,4-7,17-18H2,1-3H3. The van der Waals surface area contributed by atoms with E-state index in [1.165, 1.54) is 0 Å². The number of ether oxygens (including phenoxy) is 2. The minimum atomic E-state index is -0.735. The number of carbonyl (C=O) groups excluding carboxylic acids is 2. The van der Waals surface area contributed by atoms with Crippen LogP contribution in [0.2, 0.25) is 0 Å². The summed E-state index contributed by atoms with van der Waals surface area (Å²) in [5.41, 5.74) is 2.98. The number of benzene rings is 3. The van der Waals surface area contributed by atoms with Crippen LogP contribution >= 0.6 is 0 Å². The van der Waals surface area contributed by atoms with Gasteiger partial charge in [0.1, 0.15) is 11.3 Å². The molecular weight excluding hydrogens is 506 g/mol. The monoisotopic (exact) mass is 539 g/mol. The fraction of sp³-hybridized carbons (Fsp3) is 0.303. The first-order valence-corrected chi connectivity index (χ1v) is 13.8. The average molecular weight is 540 g/mol. The van der Waals surface area contributed by atoms with Gasteiger partial charge in [-0.05, 0) is 73.9 Å². The van der Waals surface area contributed by atoms with Crippen molar-refractivity contribution in [3.05, 3.63) is 105 Å². The SMILES string of the molecule is CCCCOC(=O)c1ccc(N2C(=O)c3oc4ccc(C)cc4c(=O)c3C2c2cccc(OCCCC)c2)cc1. The molecule has 7 nitrogen and oxygen atoms in total. The lowest BCUT2D eigenvalue weighted by Gasteiger charge is -2.25. The summed E-state index contributed by atoms with van der Waals surface area (Å²) in [7, 11) is 0. The summed E-state index contributed by atoms with van der Waals surface area (Å²) in [6.07, 6.45) is 3.65. The van der Waals surface area contributed by atoms with Gasteiger partial charge >= 0.3 is 5.97 Å². The Kier molecular flexibility index (Phi) is 8.01. The first-order valence-electron chi connectivity index (χ1n) is 13.8. The summed E-state index contributed by atoms with van der Waals surface area (Å²) in [6.45, 7) is 6.97. The molecule has 0 N–H and O–H groups in total. The Bertz CT molecular complexity index is 1600. The van der Waals surface area contributed by atoms with E-state index in [2.05, 4.69) is 6.92 Å². The number of esters is 1. The van der Waals surface area contributed by atoms with Crippen molar-refractivity contribution in [3.63, 3.8) is 0 Å². The van der Waals surface area contributed by atoms with E-state index in [4.69, 9.17) is 13.9 Å². The maximum absolute atomic E-state index is 13.9. The molecule has 3 aromatic carbocycles. The van der Waals surface area contributed by atoms with Crippen LogP contribution < -0.4 is 15.1 Å². The topological polar surface area (TPSA) is 86.0 Å². The summed E-state index contributed by atoms with van der Waals surface area (Å²) >= 11 is 0. The van der Waals surface area contributed by atoms with E-state index < -0.39 is 17.9 Å². The second kappa shape index (κ2) is 11.8. The van der Waals surface area contributed by atoms with Crippen LogP contribution in [0.25, 0.3) is 11.0 Å². The predicted molar refractivity (Wildman–Crippen MR) is 154 cm³/mol. The van der Waals surface area contributed by atoms with Gasteiger partial charge in [0.15, 0.2) is 5.43 Å². The molecule has 7 heteroatoms. The second-order valence-electron chi connectivity index (χ2n) is 10.1. The van der Waals surface area contributed by atoms with Crippen molar-refractivity contribution in [1.82, 2.24) is 0 Å². The summed E-state index contributed by atoms with van der Waals surface area (Å²) in [5.74, 6) is -0.150. The lowest BCUT2D eigenvalue weighted by Crippen LogP contribution is -2.29. The van der Waals surface area contributed by atoms with Crippen molar-refractivity contribution in [1.29, 1.82) is 0 Å². The first kappa shape index (κ1) is 27.2. The van der Waals surface area contributed by atoms with Crippen LogP contribution in [0.5, 0.6) is 5.75 Å². The molecule has 40 heavy (non-hydrogen) atoms. The van der Waals surface area contributed by atoms with Crippen molar-refractivity contribution < 1.29 is 23.5 Å². The van der Waals surface area contributed by atoms with E-state index >= 15 is 0 Å². The Morgan fingerprint density at radius 1 is 0.925 bits per heavy atom. The first-order chi connectivity index (χ1) is 19.4. The van der Waals surface area contributed by atoms with Crippen molar-refractivity contribution in [3.8, 4) is 5.75 Å². The zero-order chi connectivity index (χ0) is 28.2. The van der Waals surface area contributed by atoms with Gasteiger partial charge in [-0.15, -0.1) is 0 Å². The lowest BCUT2D eigenvalue weighted by atomic mass is 9.97. The lowest BCUT2D eigenvalue weighted by molar-refractivity contribution is 0.0499. The molecule has 1 unspecified atom stereocenters. The highest BCUT2D eigenvalue weighted by molar-refractivity contribution is 6.10. The van der Waals surface area contributed by atoms with Crippen molar-refractivity contribution in [2.75, 3.05) is 18.1 Å². The Hall–Kier alpha value is -4.39. The number of amides is 1. The number of fused-ring (bicyclic) bond motifs is 2. The quantitative estimate of drug-likeness (QED) is 0.160. The van der Waals surface area contributed by atoms with Crippen LogP contribution in [0, 0.1) is 6.92 Å². The number of nitrogens with zero attached hydrogens (tertiary/aromatic N) is 1. The van der Waals surface area contributed by atoms with Crippen LogP contribution in [0.15, 0.2) is 75.9 Å². The highest BCUT2D eigenvalue weighted by atomic mass is 16.5. The van der Waals surface area contributed by atoms with Gasteiger partial charge < -0.3 is 13.9 Å². The van der Waals surface area contributed by atoms with Crippen molar-refractivity contribution >= 4 is 28.5 Å². The molecule has 0 radical (unpaired) electrons. The van der Waals surface area contributed by atoms with E-state index in [-0.39, 0.29) is 16.8 Å². The van der Waals surface area contributed by atoms with Gasteiger partial charge in [0.05, 0.1) is 35.8 Å². The molecule has 0 fully saturated rings. The summed E-state index contributed by atoms with van der Waals surface area (Å²) < 4.78 is 17.4. The minimum absolute atomic E-state index is 0.0201. The van der Waals surface area contributed by atoms with Crippen LogP contribution in [0.4, 0.5) is 5.69 Å². The molecular formula is C33H33NO6. The van der Waals surface area contributed by atoms with Crippen LogP contribution in [-0.4, -0.2) is 25.1 Å². The molecule has 1 aromatic heterocycles. The zero-order valence-corrected chi connectivity index (χ0v) is 23.1. The summed E-state index contributed by atoms with van der Waals surface area (Å²) in [6, 6.07) is 18.8. The van der Waals surface area contributed by atoms with Gasteiger partial charge in [-0.1, -0.05) is 50.5 Å². The van der Waals surface area contributed by atoms with Gasteiger partial charge in [0, 0.05) is 5.69 Å². The predicted octanol–water partition coefficient (Wildman–Crippen LogP) is 6.99. The second-order valence-corrected chi connectivity index (χ2v) is 10.1. The molecule has 1 aliphatic heterocycles. The molecule has 0 saturated carbocycles. The van der Waals surface area contributed by atoms with Gasteiger partial charge in [-0.3, -0.25) is 14.5 Å². The number of aryl methyl sites for hydroxylation is 1. The smallest absolute Gasteiger partial charge is 0.338 e. The Balaban J connectivity index is 1.60. The van der Waals surface area contributed by atoms with E-state index in [0.29, 0.717) is 41.2 Å². The molecule has 0 spiro atoms. The van der Waals surface area contributed by atoms with Crippen LogP contribution in [0.1, 0.15) is 83.2 Å². The van der Waals surface area contributed by atoms with Gasteiger partial charge in [0.25, 0.3) is 5.91 Å². The Labute approximate surface area is 233 Å². The van der Waals surface area contributed by atoms with E-state index in [0.717, 1.165) is 36.8 Å². The van der Waals surface area contributed by atoms with Gasteiger partial charge in [-0.2, -0.15) is 0 Å². The highest BCUT2D eigenvalue weighted by Crippen LogP contribution is 2.42. The molecule has 206 valence electrons. The van der Waals surface area contributed by atoms with Crippen molar-refractivity contribution in [2.24, 2.45) is 0 Å². The third kappa shape index (κ3) is 5.24. The third-order valence-corrected chi connectivity index (χ3v) is 7.08. The molecule has 2 heterocycles. The highest BCUT2D eigenvalue weighted by Gasteiger charge is 2.43. The van der Waals surface area contributed by atoms with E-state index in [9.17, 15) is 14.4 Å². The number of carbonyl (C=O) groups is 2. The van der Waals surface area contributed by atoms with Crippen LogP contribution in [-0.2, 0) is 4.74 Å². The van der Waals surface area contributed by atoms with Crippen LogP contribution in [0.3, 0.4) is 0 Å². The largest absolute Gasteiger partial charge is 0.494 e. The normalized spacial score (nSPS) is 14.4. The molecule has 5 rings (SSSR count).